The standard InChI is InChI=1S/C9H19NO4S2/c1-8(2)16(13,14)6-4-10-9-3-5-15(11,12)7-9/h8-10H,3-7H2,1-2H3. The first-order valence-electron chi connectivity index (χ1n) is 5.38. The highest BCUT2D eigenvalue weighted by molar-refractivity contribution is 7.92. The van der Waals surface area contributed by atoms with Crippen LogP contribution >= 0.6 is 0 Å². The third-order valence-corrected chi connectivity index (χ3v) is 6.75. The average molecular weight is 269 g/mol. The minimum Gasteiger partial charge on any atom is -0.312 e. The lowest BCUT2D eigenvalue weighted by Crippen LogP contribution is -2.35. The molecule has 16 heavy (non-hydrogen) atoms. The molecule has 1 heterocycles. The van der Waals surface area contributed by atoms with Crippen LogP contribution in [-0.2, 0) is 19.7 Å². The quantitative estimate of drug-likeness (QED) is 0.733. The molecule has 1 atom stereocenters. The minimum absolute atomic E-state index is 0.0706. The maximum Gasteiger partial charge on any atom is 0.153 e. The monoisotopic (exact) mass is 269 g/mol. The summed E-state index contributed by atoms with van der Waals surface area (Å²) >= 11 is 0. The van der Waals surface area contributed by atoms with Gasteiger partial charge in [0.15, 0.2) is 19.7 Å². The van der Waals surface area contributed by atoms with Gasteiger partial charge < -0.3 is 5.32 Å². The first-order valence-corrected chi connectivity index (χ1v) is 8.92. The van der Waals surface area contributed by atoms with Crippen LogP contribution < -0.4 is 5.32 Å². The van der Waals surface area contributed by atoms with Crippen molar-refractivity contribution in [2.24, 2.45) is 0 Å². The van der Waals surface area contributed by atoms with Crippen LogP contribution in [0.5, 0.6) is 0 Å². The molecule has 0 saturated carbocycles. The first kappa shape index (κ1) is 13.9. The molecule has 0 aromatic heterocycles. The molecule has 0 amide bonds. The zero-order valence-electron chi connectivity index (χ0n) is 9.64. The molecule has 1 aliphatic rings. The zero-order chi connectivity index (χ0) is 12.4. The van der Waals surface area contributed by atoms with Crippen LogP contribution in [0.2, 0.25) is 0 Å². The fourth-order valence-electron chi connectivity index (χ4n) is 1.60. The summed E-state index contributed by atoms with van der Waals surface area (Å²) in [4.78, 5) is 0. The van der Waals surface area contributed by atoms with Gasteiger partial charge in [0.2, 0.25) is 0 Å². The lowest BCUT2D eigenvalue weighted by Gasteiger charge is -2.12. The molecule has 1 fully saturated rings. The second-order valence-electron chi connectivity index (χ2n) is 4.47. The van der Waals surface area contributed by atoms with Crippen LogP contribution in [0, 0.1) is 0 Å². The van der Waals surface area contributed by atoms with Crippen molar-refractivity contribution < 1.29 is 16.8 Å². The molecule has 1 aliphatic heterocycles. The molecule has 5 nitrogen and oxygen atoms in total. The summed E-state index contributed by atoms with van der Waals surface area (Å²) in [7, 11) is -5.92. The van der Waals surface area contributed by atoms with Crippen LogP contribution in [0.3, 0.4) is 0 Å². The Bertz CT molecular complexity index is 424. The largest absolute Gasteiger partial charge is 0.312 e. The maximum atomic E-state index is 11.5. The van der Waals surface area contributed by atoms with Crippen LogP contribution in [-0.4, -0.2) is 51.9 Å². The Hall–Kier alpha value is -0.140. The average Bonchev–Trinajstić information content (AvgIpc) is 2.45. The van der Waals surface area contributed by atoms with Crippen molar-refractivity contribution in [3.8, 4) is 0 Å². The van der Waals surface area contributed by atoms with Gasteiger partial charge in [0.05, 0.1) is 22.5 Å². The van der Waals surface area contributed by atoms with Crippen molar-refractivity contribution in [3.63, 3.8) is 0 Å². The van der Waals surface area contributed by atoms with E-state index in [0.29, 0.717) is 13.0 Å². The number of rotatable bonds is 5. The van der Waals surface area contributed by atoms with Gasteiger partial charge in [-0.05, 0) is 20.3 Å². The molecular weight excluding hydrogens is 250 g/mol. The SMILES string of the molecule is CC(C)S(=O)(=O)CCNC1CCS(=O)(=O)C1. The van der Waals surface area contributed by atoms with Crippen LogP contribution in [0.1, 0.15) is 20.3 Å². The first-order chi connectivity index (χ1) is 7.23. The zero-order valence-corrected chi connectivity index (χ0v) is 11.3. The molecule has 0 aliphatic carbocycles. The Labute approximate surface area is 97.5 Å². The van der Waals surface area contributed by atoms with E-state index in [4.69, 9.17) is 0 Å². The molecule has 96 valence electrons. The summed E-state index contributed by atoms with van der Waals surface area (Å²) in [6.45, 7) is 3.63. The van der Waals surface area contributed by atoms with Gasteiger partial charge >= 0.3 is 0 Å². The minimum atomic E-state index is -3.03. The molecule has 0 aromatic carbocycles. The summed E-state index contributed by atoms with van der Waals surface area (Å²) < 4.78 is 45.2. The van der Waals surface area contributed by atoms with E-state index in [1.54, 1.807) is 13.8 Å². The Balaban J connectivity index is 2.33. The molecule has 0 radical (unpaired) electrons. The predicted molar refractivity (Wildman–Crippen MR) is 64.0 cm³/mol. The molecule has 1 N–H and O–H groups in total. The summed E-state index contributed by atoms with van der Waals surface area (Å²) in [5, 5.41) is 2.62. The molecule has 1 rings (SSSR count). The summed E-state index contributed by atoms with van der Waals surface area (Å²) in [6, 6.07) is -0.0765. The highest BCUT2D eigenvalue weighted by Gasteiger charge is 2.27. The smallest absolute Gasteiger partial charge is 0.153 e. The predicted octanol–water partition coefficient (Wildman–Crippen LogP) is -0.414. The summed E-state index contributed by atoms with van der Waals surface area (Å²) in [5.74, 6) is 0.414. The van der Waals surface area contributed by atoms with E-state index in [-0.39, 0.29) is 28.6 Å². The van der Waals surface area contributed by atoms with Crippen molar-refractivity contribution in [1.29, 1.82) is 0 Å². The van der Waals surface area contributed by atoms with Crippen molar-refractivity contribution in [2.75, 3.05) is 23.8 Å². The lowest BCUT2D eigenvalue weighted by atomic mass is 10.3. The molecular formula is C9H19NO4S2. The van der Waals surface area contributed by atoms with E-state index >= 15 is 0 Å². The molecule has 0 aromatic rings. The maximum absolute atomic E-state index is 11.5. The Kier molecular flexibility index (Phi) is 4.36. The molecule has 1 saturated heterocycles. The van der Waals surface area contributed by atoms with E-state index in [1.165, 1.54) is 0 Å². The third-order valence-electron chi connectivity index (χ3n) is 2.77. The van der Waals surface area contributed by atoms with Crippen molar-refractivity contribution in [2.45, 2.75) is 31.6 Å². The van der Waals surface area contributed by atoms with Gasteiger partial charge in [-0.3, -0.25) is 0 Å². The van der Waals surface area contributed by atoms with Crippen molar-refractivity contribution in [1.82, 2.24) is 5.32 Å². The van der Waals surface area contributed by atoms with Crippen molar-refractivity contribution >= 4 is 19.7 Å². The molecule has 1 unspecified atom stereocenters. The molecule has 7 heteroatoms. The Morgan fingerprint density at radius 3 is 2.44 bits per heavy atom. The van der Waals surface area contributed by atoms with Gasteiger partial charge in [-0.1, -0.05) is 0 Å². The van der Waals surface area contributed by atoms with Crippen molar-refractivity contribution in [3.05, 3.63) is 0 Å². The van der Waals surface area contributed by atoms with Gasteiger partial charge in [-0.15, -0.1) is 0 Å². The van der Waals surface area contributed by atoms with Crippen LogP contribution in [0.25, 0.3) is 0 Å². The van der Waals surface area contributed by atoms with Gasteiger partial charge in [-0.2, -0.15) is 0 Å². The topological polar surface area (TPSA) is 80.3 Å². The highest BCUT2D eigenvalue weighted by Crippen LogP contribution is 2.11. The summed E-state index contributed by atoms with van der Waals surface area (Å²) in [5.41, 5.74) is 0. The number of hydrogen-bond acceptors (Lipinski definition) is 5. The number of nitrogens with one attached hydrogen (secondary N) is 1. The van der Waals surface area contributed by atoms with E-state index in [9.17, 15) is 16.8 Å². The number of sulfone groups is 2. The van der Waals surface area contributed by atoms with E-state index in [0.717, 1.165) is 0 Å². The molecule has 0 spiro atoms. The van der Waals surface area contributed by atoms with E-state index < -0.39 is 19.7 Å². The Morgan fingerprint density at radius 1 is 1.38 bits per heavy atom. The van der Waals surface area contributed by atoms with Gasteiger partial charge in [0.25, 0.3) is 0 Å². The second-order valence-corrected chi connectivity index (χ2v) is 9.38. The lowest BCUT2D eigenvalue weighted by molar-refractivity contribution is 0.557. The fraction of sp³-hybridized carbons (Fsp3) is 1.00. The fourth-order valence-corrected chi connectivity index (χ4v) is 4.18. The highest BCUT2D eigenvalue weighted by atomic mass is 32.2. The number of hydrogen-bond donors (Lipinski definition) is 1. The molecule has 0 bridgehead atoms. The second kappa shape index (κ2) is 5.01. The van der Waals surface area contributed by atoms with E-state index in [2.05, 4.69) is 5.32 Å². The van der Waals surface area contributed by atoms with Gasteiger partial charge in [0, 0.05) is 12.6 Å². The van der Waals surface area contributed by atoms with Gasteiger partial charge in [-0.25, -0.2) is 16.8 Å². The van der Waals surface area contributed by atoms with Crippen LogP contribution in [0.15, 0.2) is 0 Å². The van der Waals surface area contributed by atoms with Gasteiger partial charge in [0.1, 0.15) is 0 Å². The van der Waals surface area contributed by atoms with Crippen LogP contribution in [0.4, 0.5) is 0 Å². The third kappa shape index (κ3) is 4.03. The summed E-state index contributed by atoms with van der Waals surface area (Å²) in [6.07, 6.45) is 0.587. The Morgan fingerprint density at radius 2 is 2.00 bits per heavy atom. The normalized spacial score (nSPS) is 25.1. The van der Waals surface area contributed by atoms with E-state index in [1.807, 2.05) is 0 Å².